The number of nitrogens with two attached hydrogens (primary N) is 1. The average Bonchev–Trinajstić information content (AvgIpc) is 2.41. The lowest BCUT2D eigenvalue weighted by Crippen LogP contribution is -2.44. The van der Waals surface area contributed by atoms with Crippen molar-refractivity contribution in [2.75, 3.05) is 33.5 Å². The van der Waals surface area contributed by atoms with E-state index in [0.717, 1.165) is 12.1 Å². The van der Waals surface area contributed by atoms with E-state index in [1.165, 1.54) is 7.11 Å². The molecule has 3 N–H and O–H groups in total. The summed E-state index contributed by atoms with van der Waals surface area (Å²) in [6.07, 6.45) is 0.00540. The summed E-state index contributed by atoms with van der Waals surface area (Å²) in [7, 11) is 1.51. The minimum atomic E-state index is -1.59. The summed E-state index contributed by atoms with van der Waals surface area (Å²) in [4.78, 5) is 11.6. The van der Waals surface area contributed by atoms with Crippen LogP contribution in [0.2, 0.25) is 0 Å². The van der Waals surface area contributed by atoms with Gasteiger partial charge in [0, 0.05) is 26.3 Å². The Hall–Kier alpha value is -1.57. The molecule has 1 atom stereocenters. The summed E-state index contributed by atoms with van der Waals surface area (Å²) in [6.45, 7) is 0.468. The van der Waals surface area contributed by atoms with Gasteiger partial charge in [-0.2, -0.15) is 0 Å². The number of ether oxygens (including phenoxy) is 2. The molecule has 0 heterocycles. The van der Waals surface area contributed by atoms with Crippen LogP contribution in [0.25, 0.3) is 0 Å². The van der Waals surface area contributed by atoms with Crippen LogP contribution >= 0.6 is 0 Å². The van der Waals surface area contributed by atoms with Gasteiger partial charge in [-0.3, -0.25) is 4.79 Å². The molecule has 5 nitrogen and oxygen atoms in total. The number of hydrogen-bond donors (Lipinski definition) is 2. The van der Waals surface area contributed by atoms with Crippen molar-refractivity contribution in [2.45, 2.75) is 11.8 Å². The number of aliphatic carboxylic acids is 1. The van der Waals surface area contributed by atoms with E-state index in [4.69, 9.17) is 15.2 Å². The van der Waals surface area contributed by atoms with Gasteiger partial charge in [-0.1, -0.05) is 0 Å². The molecule has 7 heteroatoms. The number of carboxylic acids is 1. The topological polar surface area (TPSA) is 81.8 Å². The first-order chi connectivity index (χ1) is 9.96. The highest BCUT2D eigenvalue weighted by Crippen LogP contribution is 2.29. The Kier molecular flexibility index (Phi) is 6.67. The maximum atomic E-state index is 13.3. The zero-order chi connectivity index (χ0) is 15.9. The zero-order valence-electron chi connectivity index (χ0n) is 11.8. The van der Waals surface area contributed by atoms with Gasteiger partial charge in [-0.05, 0) is 24.1 Å². The lowest BCUT2D eigenvalue weighted by Gasteiger charge is -2.28. The Morgan fingerprint density at radius 1 is 1.24 bits per heavy atom. The van der Waals surface area contributed by atoms with E-state index in [2.05, 4.69) is 0 Å². The largest absolute Gasteiger partial charge is 0.481 e. The number of carbonyl (C=O) groups is 1. The standard InChI is InChI=1S/C14H19F2NO4/c1-20-4-5-21-3-2-14(9-17,13(18)19)10-6-11(15)8-12(16)7-10/h6-8H,2-5,9,17H2,1H3,(H,18,19). The number of hydrogen-bond acceptors (Lipinski definition) is 4. The summed E-state index contributed by atoms with van der Waals surface area (Å²) in [6, 6.07) is 2.65. The Balaban J connectivity index is 2.95. The molecule has 1 unspecified atom stereocenters. The third kappa shape index (κ3) is 4.45. The van der Waals surface area contributed by atoms with E-state index >= 15 is 0 Å². The highest BCUT2D eigenvalue weighted by atomic mass is 19.1. The fraction of sp³-hybridized carbons (Fsp3) is 0.500. The van der Waals surface area contributed by atoms with E-state index in [-0.39, 0.29) is 25.1 Å². The molecule has 0 aromatic heterocycles. The summed E-state index contributed by atoms with van der Waals surface area (Å²) in [5.41, 5.74) is 3.98. The van der Waals surface area contributed by atoms with Gasteiger partial charge in [0.2, 0.25) is 0 Å². The van der Waals surface area contributed by atoms with E-state index in [0.29, 0.717) is 19.3 Å². The van der Waals surface area contributed by atoms with Crippen molar-refractivity contribution in [3.8, 4) is 0 Å². The number of methoxy groups -OCH3 is 1. The summed E-state index contributed by atoms with van der Waals surface area (Å²) in [5, 5.41) is 9.46. The maximum Gasteiger partial charge on any atom is 0.315 e. The number of benzene rings is 1. The van der Waals surface area contributed by atoms with Crippen LogP contribution in [0.5, 0.6) is 0 Å². The molecule has 0 aliphatic rings. The third-order valence-corrected chi connectivity index (χ3v) is 3.28. The van der Waals surface area contributed by atoms with Crippen LogP contribution in [0.15, 0.2) is 18.2 Å². The van der Waals surface area contributed by atoms with Crippen molar-refractivity contribution in [3.63, 3.8) is 0 Å². The molecule has 118 valence electrons. The molecule has 21 heavy (non-hydrogen) atoms. The van der Waals surface area contributed by atoms with Crippen molar-refractivity contribution in [3.05, 3.63) is 35.4 Å². The molecule has 0 amide bonds. The molecule has 0 spiro atoms. The molecule has 0 aliphatic heterocycles. The van der Waals surface area contributed by atoms with Gasteiger partial charge in [-0.25, -0.2) is 8.78 Å². The van der Waals surface area contributed by atoms with Gasteiger partial charge in [0.05, 0.1) is 13.2 Å². The van der Waals surface area contributed by atoms with Gasteiger partial charge in [0.1, 0.15) is 17.0 Å². The second-order valence-corrected chi connectivity index (χ2v) is 4.60. The minimum absolute atomic E-state index is 0.00540. The number of rotatable bonds is 9. The second kappa shape index (κ2) is 8.02. The van der Waals surface area contributed by atoms with Crippen LogP contribution in [-0.4, -0.2) is 44.6 Å². The number of carboxylic acid groups (broad SMARTS) is 1. The lowest BCUT2D eigenvalue weighted by atomic mass is 9.77. The molecule has 0 radical (unpaired) electrons. The monoisotopic (exact) mass is 303 g/mol. The van der Waals surface area contributed by atoms with Gasteiger partial charge in [0.15, 0.2) is 0 Å². The predicted molar refractivity (Wildman–Crippen MR) is 72.0 cm³/mol. The Bertz CT molecular complexity index is 464. The Labute approximate surface area is 121 Å². The van der Waals surface area contributed by atoms with Gasteiger partial charge in [0.25, 0.3) is 0 Å². The fourth-order valence-corrected chi connectivity index (χ4v) is 2.00. The Morgan fingerprint density at radius 2 is 1.86 bits per heavy atom. The van der Waals surface area contributed by atoms with E-state index in [9.17, 15) is 18.7 Å². The molecule has 0 saturated heterocycles. The van der Waals surface area contributed by atoms with Crippen LogP contribution < -0.4 is 5.73 Å². The SMILES string of the molecule is COCCOCCC(CN)(C(=O)O)c1cc(F)cc(F)c1. The molecule has 0 bridgehead atoms. The first kappa shape index (κ1) is 17.5. The summed E-state index contributed by atoms with van der Waals surface area (Å²) < 4.78 is 36.7. The van der Waals surface area contributed by atoms with Crippen molar-refractivity contribution >= 4 is 5.97 Å². The molecule has 0 saturated carbocycles. The summed E-state index contributed by atoms with van der Waals surface area (Å²) >= 11 is 0. The normalized spacial score (nSPS) is 13.9. The van der Waals surface area contributed by atoms with Crippen LogP contribution in [0, 0.1) is 11.6 Å². The lowest BCUT2D eigenvalue weighted by molar-refractivity contribution is -0.144. The molecule has 1 rings (SSSR count). The molecular formula is C14H19F2NO4. The molecule has 0 fully saturated rings. The van der Waals surface area contributed by atoms with Crippen molar-refractivity contribution < 1.29 is 28.2 Å². The van der Waals surface area contributed by atoms with E-state index in [1.807, 2.05) is 0 Å². The third-order valence-electron chi connectivity index (χ3n) is 3.28. The summed E-state index contributed by atoms with van der Waals surface area (Å²) in [5.74, 6) is -2.93. The number of halogens is 2. The van der Waals surface area contributed by atoms with Crippen molar-refractivity contribution in [2.24, 2.45) is 5.73 Å². The van der Waals surface area contributed by atoms with Crippen molar-refractivity contribution in [1.82, 2.24) is 0 Å². The van der Waals surface area contributed by atoms with Crippen LogP contribution in [0.3, 0.4) is 0 Å². The first-order valence-electron chi connectivity index (χ1n) is 6.43. The van der Waals surface area contributed by atoms with Gasteiger partial charge < -0.3 is 20.3 Å². The zero-order valence-corrected chi connectivity index (χ0v) is 11.8. The predicted octanol–water partition coefficient (Wildman–Crippen LogP) is 1.30. The first-order valence-corrected chi connectivity index (χ1v) is 6.43. The highest BCUT2D eigenvalue weighted by molar-refractivity contribution is 5.81. The highest BCUT2D eigenvalue weighted by Gasteiger charge is 2.39. The van der Waals surface area contributed by atoms with Crippen LogP contribution in [0.1, 0.15) is 12.0 Å². The van der Waals surface area contributed by atoms with Crippen molar-refractivity contribution in [1.29, 1.82) is 0 Å². The van der Waals surface area contributed by atoms with E-state index < -0.39 is 23.0 Å². The second-order valence-electron chi connectivity index (χ2n) is 4.60. The smallest absolute Gasteiger partial charge is 0.315 e. The molecule has 1 aromatic carbocycles. The average molecular weight is 303 g/mol. The minimum Gasteiger partial charge on any atom is -0.481 e. The van der Waals surface area contributed by atoms with Crippen LogP contribution in [0.4, 0.5) is 8.78 Å². The fourth-order valence-electron chi connectivity index (χ4n) is 2.00. The Morgan fingerprint density at radius 3 is 2.33 bits per heavy atom. The molecule has 0 aliphatic carbocycles. The molecular weight excluding hydrogens is 284 g/mol. The molecule has 1 aromatic rings. The maximum absolute atomic E-state index is 13.3. The van der Waals surface area contributed by atoms with Crippen LogP contribution in [-0.2, 0) is 19.7 Å². The van der Waals surface area contributed by atoms with Gasteiger partial charge >= 0.3 is 5.97 Å². The van der Waals surface area contributed by atoms with Gasteiger partial charge in [-0.15, -0.1) is 0 Å². The van der Waals surface area contributed by atoms with E-state index in [1.54, 1.807) is 0 Å². The quantitative estimate of drug-likeness (QED) is 0.672.